The minimum Gasteiger partial charge on any atom is -0.446 e. The summed E-state index contributed by atoms with van der Waals surface area (Å²) in [6.07, 6.45) is 12.7. The molecule has 0 amide bonds. The molecule has 1 aromatic rings. The van der Waals surface area contributed by atoms with Crippen LogP contribution in [0.5, 0.6) is 5.88 Å². The average molecular weight is 491 g/mol. The van der Waals surface area contributed by atoms with Gasteiger partial charge in [-0.1, -0.05) is 71.4 Å². The fraction of sp³-hybridized carbons (Fsp3) is 0.690. The molecule has 0 radical (unpaired) electrons. The smallest absolute Gasteiger partial charge is 0.238 e. The van der Waals surface area contributed by atoms with Crippen LogP contribution in [-0.2, 0) is 11.2 Å². The third kappa shape index (κ3) is 9.94. The largest absolute Gasteiger partial charge is 0.446 e. The van der Waals surface area contributed by atoms with E-state index in [-0.39, 0.29) is 18.1 Å². The van der Waals surface area contributed by atoms with E-state index in [1.807, 2.05) is 37.6 Å². The van der Waals surface area contributed by atoms with Crippen LogP contribution < -0.4 is 4.74 Å². The van der Waals surface area contributed by atoms with E-state index >= 15 is 0 Å². The zero-order valence-electron chi connectivity index (χ0n) is 23.5. The van der Waals surface area contributed by atoms with Crippen LogP contribution in [0.4, 0.5) is 0 Å². The molecule has 0 bridgehead atoms. The van der Waals surface area contributed by atoms with Gasteiger partial charge in [-0.15, -0.1) is 5.10 Å². The Hall–Kier alpha value is -1.89. The highest BCUT2D eigenvalue weighted by Crippen LogP contribution is 2.32. The Morgan fingerprint density at radius 2 is 1.94 bits per heavy atom. The van der Waals surface area contributed by atoms with E-state index in [0.717, 1.165) is 24.1 Å². The number of nitrogens with zero attached hydrogens (tertiary/aromatic N) is 2. The molecule has 1 saturated heterocycles. The van der Waals surface area contributed by atoms with Crippen molar-refractivity contribution in [3.05, 3.63) is 47.2 Å². The van der Waals surface area contributed by atoms with Crippen LogP contribution in [0.25, 0.3) is 0 Å². The number of hydrogen-bond acceptors (Lipinski definition) is 5. The zero-order valence-corrected chi connectivity index (χ0v) is 23.5. The Morgan fingerprint density at radius 3 is 2.51 bits per heavy atom. The van der Waals surface area contributed by atoms with Crippen LogP contribution >= 0.6 is 0 Å². The first-order valence-electron chi connectivity index (χ1n) is 13.3. The number of rotatable bonds is 11. The molecule has 200 valence electrons. The van der Waals surface area contributed by atoms with Crippen molar-refractivity contribution < 1.29 is 19.7 Å². The number of aromatic nitrogens is 2. The fourth-order valence-corrected chi connectivity index (χ4v) is 4.46. The average Bonchev–Trinajstić information content (AvgIpc) is 3.09. The van der Waals surface area contributed by atoms with Crippen LogP contribution in [0.15, 0.2) is 36.0 Å². The Kier molecular flexibility index (Phi) is 13.6. The summed E-state index contributed by atoms with van der Waals surface area (Å²) in [4.78, 5) is 0. The number of hydrogen-bond donors (Lipinski definition) is 2. The van der Waals surface area contributed by atoms with E-state index < -0.39 is 18.5 Å². The highest BCUT2D eigenvalue weighted by molar-refractivity contribution is 5.39. The summed E-state index contributed by atoms with van der Waals surface area (Å²) in [6.45, 7) is 18.9. The Balaban J connectivity index is 0.00000298. The molecule has 0 aliphatic carbocycles. The standard InChI is InChI=1S/C27H44N2O4.C2H6/c1-8-10-11-12-21(17-27(6,7)13-9-2)14-24-20(5)29(19(3)4)28-26(24)33-25-16-22(31)15-23(18-30)32-25;1-2/h8,10-12,17,19,22-23,25,30-31H,9,13-16,18H2,1-7H3;1-2H3/b10-8-,12-11-,21-17+;. The van der Waals surface area contributed by atoms with Crippen LogP contribution in [0, 0.1) is 12.3 Å². The molecule has 2 heterocycles. The molecule has 1 aliphatic rings. The molecule has 1 aliphatic heterocycles. The summed E-state index contributed by atoms with van der Waals surface area (Å²) in [7, 11) is 0. The molecule has 6 nitrogen and oxygen atoms in total. The summed E-state index contributed by atoms with van der Waals surface area (Å²) in [6, 6.07) is 0.187. The second kappa shape index (κ2) is 15.3. The lowest BCUT2D eigenvalue weighted by Gasteiger charge is -2.31. The number of allylic oxidation sites excluding steroid dienone is 6. The van der Waals surface area contributed by atoms with Gasteiger partial charge in [-0.25, -0.2) is 0 Å². The molecule has 2 N–H and O–H groups in total. The van der Waals surface area contributed by atoms with E-state index in [1.165, 1.54) is 5.57 Å². The van der Waals surface area contributed by atoms with Gasteiger partial charge >= 0.3 is 0 Å². The van der Waals surface area contributed by atoms with E-state index in [1.54, 1.807) is 0 Å². The number of aliphatic hydroxyl groups is 2. The SMILES string of the molecule is CC.C\C=C/C=C\C(=C/C(C)(C)CCC)Cc1c(OC2CC(O)CC(CO)O2)nn(C(C)C)c1C. The Morgan fingerprint density at radius 1 is 1.26 bits per heavy atom. The van der Waals surface area contributed by atoms with Gasteiger partial charge in [-0.2, -0.15) is 0 Å². The summed E-state index contributed by atoms with van der Waals surface area (Å²) in [5.41, 5.74) is 3.38. The van der Waals surface area contributed by atoms with Crippen molar-refractivity contribution in [3.8, 4) is 5.88 Å². The maximum absolute atomic E-state index is 10.2. The maximum Gasteiger partial charge on any atom is 0.238 e. The summed E-state index contributed by atoms with van der Waals surface area (Å²) < 4.78 is 14.1. The number of aliphatic hydroxyl groups excluding tert-OH is 2. The molecular formula is C29H50N2O4. The van der Waals surface area contributed by atoms with Crippen LogP contribution in [0.1, 0.15) is 98.4 Å². The van der Waals surface area contributed by atoms with Gasteiger partial charge in [0.15, 0.2) is 0 Å². The normalized spacial score (nSPS) is 21.6. The first kappa shape index (κ1) is 31.1. The predicted molar refractivity (Wildman–Crippen MR) is 145 cm³/mol. The summed E-state index contributed by atoms with van der Waals surface area (Å²) in [5, 5.41) is 24.5. The van der Waals surface area contributed by atoms with E-state index in [2.05, 4.69) is 59.8 Å². The lowest BCUT2D eigenvalue weighted by atomic mass is 9.85. The predicted octanol–water partition coefficient (Wildman–Crippen LogP) is 6.46. The highest BCUT2D eigenvalue weighted by atomic mass is 16.7. The van der Waals surface area contributed by atoms with Crippen molar-refractivity contribution in [1.82, 2.24) is 9.78 Å². The van der Waals surface area contributed by atoms with Gasteiger partial charge in [0.1, 0.15) is 0 Å². The molecule has 2 rings (SSSR count). The van der Waals surface area contributed by atoms with Gasteiger partial charge < -0.3 is 19.7 Å². The molecular weight excluding hydrogens is 440 g/mol. The molecule has 6 heteroatoms. The van der Waals surface area contributed by atoms with Crippen molar-refractivity contribution in [2.24, 2.45) is 5.41 Å². The minimum absolute atomic E-state index is 0.0816. The Bertz CT molecular complexity index is 836. The highest BCUT2D eigenvalue weighted by Gasteiger charge is 2.31. The molecule has 35 heavy (non-hydrogen) atoms. The molecule has 1 aromatic heterocycles. The van der Waals surface area contributed by atoms with E-state index in [9.17, 15) is 10.2 Å². The topological polar surface area (TPSA) is 76.7 Å². The molecule has 3 atom stereocenters. The minimum atomic E-state index is -0.637. The van der Waals surface area contributed by atoms with Crippen LogP contribution in [-0.4, -0.2) is 45.1 Å². The van der Waals surface area contributed by atoms with E-state index in [0.29, 0.717) is 25.1 Å². The Labute approximate surface area is 213 Å². The third-order valence-corrected chi connectivity index (χ3v) is 5.98. The molecule has 0 saturated carbocycles. The van der Waals surface area contributed by atoms with Gasteiger partial charge in [0.05, 0.1) is 18.8 Å². The third-order valence-electron chi connectivity index (χ3n) is 5.98. The molecule has 0 aromatic carbocycles. The van der Waals surface area contributed by atoms with Gasteiger partial charge in [-0.3, -0.25) is 4.68 Å². The fourth-order valence-electron chi connectivity index (χ4n) is 4.46. The summed E-state index contributed by atoms with van der Waals surface area (Å²) >= 11 is 0. The lowest BCUT2D eigenvalue weighted by Crippen LogP contribution is -2.40. The van der Waals surface area contributed by atoms with Crippen LogP contribution in [0.2, 0.25) is 0 Å². The van der Waals surface area contributed by atoms with E-state index in [4.69, 9.17) is 14.6 Å². The van der Waals surface area contributed by atoms with Crippen molar-refractivity contribution in [2.45, 2.75) is 119 Å². The van der Waals surface area contributed by atoms with Gasteiger partial charge in [0, 0.05) is 36.6 Å². The quantitative estimate of drug-likeness (QED) is 0.348. The van der Waals surface area contributed by atoms with Gasteiger partial charge in [0.25, 0.3) is 0 Å². The number of ether oxygens (including phenoxy) is 2. The van der Waals surface area contributed by atoms with Gasteiger partial charge in [-0.05, 0) is 45.1 Å². The second-order valence-corrected chi connectivity index (χ2v) is 10.0. The molecule has 1 fully saturated rings. The van der Waals surface area contributed by atoms with Crippen molar-refractivity contribution in [2.75, 3.05) is 6.61 Å². The van der Waals surface area contributed by atoms with Crippen molar-refractivity contribution in [3.63, 3.8) is 0 Å². The maximum atomic E-state index is 10.2. The van der Waals surface area contributed by atoms with Gasteiger partial charge in [0.2, 0.25) is 12.2 Å². The van der Waals surface area contributed by atoms with Crippen molar-refractivity contribution in [1.29, 1.82) is 0 Å². The molecule has 0 spiro atoms. The summed E-state index contributed by atoms with van der Waals surface area (Å²) in [5.74, 6) is 0.538. The molecule has 3 unspecified atom stereocenters. The zero-order chi connectivity index (χ0) is 26.6. The van der Waals surface area contributed by atoms with Crippen molar-refractivity contribution >= 4 is 0 Å². The second-order valence-electron chi connectivity index (χ2n) is 10.0. The lowest BCUT2D eigenvalue weighted by molar-refractivity contribution is -0.186. The van der Waals surface area contributed by atoms with Crippen LogP contribution in [0.3, 0.4) is 0 Å². The first-order chi connectivity index (χ1) is 16.6. The first-order valence-corrected chi connectivity index (χ1v) is 13.3. The monoisotopic (exact) mass is 490 g/mol.